The van der Waals surface area contributed by atoms with Crippen LogP contribution >= 0.6 is 0 Å². The Morgan fingerprint density at radius 1 is 0.942 bits per heavy atom. The highest BCUT2D eigenvalue weighted by atomic mass is 32.2. The number of carbonyl (C=O) groups is 5. The van der Waals surface area contributed by atoms with Gasteiger partial charge in [0.05, 0.1) is 17.3 Å². The van der Waals surface area contributed by atoms with E-state index in [0.29, 0.717) is 19.3 Å². The van der Waals surface area contributed by atoms with Gasteiger partial charge in [-0.05, 0) is 60.7 Å². The SMILES string of the molecule is CN(CC(F)(F)F)S(=O)(=O)CC1(NC(=O)N[C@H](C(=O)N2C[C@H]3[C@@H]([C@H]2C(=O)N[C@@H](CC2CC2)C(=O)C(=O)NC2CC2)C3(C)C)C(C)(C)C)CCCCC1. The first kappa shape index (κ1) is 40.2. The minimum Gasteiger partial charge on any atom is -0.347 e. The summed E-state index contributed by atoms with van der Waals surface area (Å²) in [5.41, 5.74) is -2.51. The van der Waals surface area contributed by atoms with Crippen molar-refractivity contribution in [2.45, 2.75) is 135 Å². The van der Waals surface area contributed by atoms with Crippen LogP contribution in [0.15, 0.2) is 0 Å². The number of hydrogen-bond donors (Lipinski definition) is 4. The van der Waals surface area contributed by atoms with Crippen LogP contribution in [-0.2, 0) is 29.2 Å². The van der Waals surface area contributed by atoms with Crippen molar-refractivity contribution in [1.82, 2.24) is 30.5 Å². The van der Waals surface area contributed by atoms with Crippen LogP contribution in [0.5, 0.6) is 0 Å². The second kappa shape index (κ2) is 14.4. The van der Waals surface area contributed by atoms with Gasteiger partial charge in [-0.1, -0.05) is 66.7 Å². The molecule has 0 aromatic rings. The lowest BCUT2D eigenvalue weighted by Gasteiger charge is -2.41. The number of nitrogens with one attached hydrogen (secondary N) is 4. The fraction of sp³-hybridized carbons (Fsp3) is 0.857. The molecule has 5 aliphatic rings. The Kier molecular flexibility index (Phi) is 11.1. The minimum atomic E-state index is -4.74. The van der Waals surface area contributed by atoms with Gasteiger partial charge in [-0.3, -0.25) is 19.2 Å². The molecule has 1 saturated heterocycles. The van der Waals surface area contributed by atoms with Crippen LogP contribution in [-0.4, -0.2) is 109 Å². The molecule has 0 aromatic heterocycles. The number of rotatable bonds is 14. The van der Waals surface area contributed by atoms with E-state index in [9.17, 15) is 45.6 Å². The number of nitrogens with zero attached hydrogens (tertiary/aromatic N) is 2. The van der Waals surface area contributed by atoms with E-state index in [1.807, 2.05) is 13.8 Å². The van der Waals surface area contributed by atoms with Crippen LogP contribution in [0.4, 0.5) is 18.0 Å². The van der Waals surface area contributed by atoms with Gasteiger partial charge in [-0.25, -0.2) is 13.2 Å². The smallest absolute Gasteiger partial charge is 0.347 e. The molecule has 5 fully saturated rings. The van der Waals surface area contributed by atoms with Crippen LogP contribution in [0.1, 0.15) is 98.8 Å². The van der Waals surface area contributed by atoms with E-state index in [2.05, 4.69) is 21.3 Å². The van der Waals surface area contributed by atoms with Crippen LogP contribution in [0.2, 0.25) is 0 Å². The highest BCUT2D eigenvalue weighted by molar-refractivity contribution is 7.89. The average Bonchev–Trinajstić information content (AvgIpc) is 3.97. The molecule has 17 heteroatoms. The molecule has 0 unspecified atom stereocenters. The zero-order chi connectivity index (χ0) is 38.6. The molecule has 1 aliphatic heterocycles. The molecule has 1 heterocycles. The Balaban J connectivity index is 1.32. The summed E-state index contributed by atoms with van der Waals surface area (Å²) in [7, 11) is -3.58. The molecule has 5 atom stereocenters. The second-order valence-electron chi connectivity index (χ2n) is 17.6. The molecule has 0 aromatic carbocycles. The Morgan fingerprint density at radius 3 is 2.10 bits per heavy atom. The van der Waals surface area contributed by atoms with E-state index < -0.39 is 87.1 Å². The second-order valence-corrected chi connectivity index (χ2v) is 19.7. The summed E-state index contributed by atoms with van der Waals surface area (Å²) >= 11 is 0. The zero-order valence-electron chi connectivity index (χ0n) is 31.0. The lowest BCUT2D eigenvalue weighted by atomic mass is 9.83. The number of ketones is 1. The van der Waals surface area contributed by atoms with E-state index in [0.717, 1.165) is 39.2 Å². The maximum Gasteiger partial charge on any atom is 0.402 e. The molecule has 4 aliphatic carbocycles. The van der Waals surface area contributed by atoms with Gasteiger partial charge in [-0.2, -0.15) is 17.5 Å². The summed E-state index contributed by atoms with van der Waals surface area (Å²) < 4.78 is 65.7. The number of alkyl halides is 3. The van der Waals surface area contributed by atoms with Gasteiger partial charge in [0.15, 0.2) is 0 Å². The van der Waals surface area contributed by atoms with Gasteiger partial charge >= 0.3 is 12.2 Å². The highest BCUT2D eigenvalue weighted by Crippen LogP contribution is 2.65. The lowest BCUT2D eigenvalue weighted by molar-refractivity contribution is -0.145. The molecule has 52 heavy (non-hydrogen) atoms. The summed E-state index contributed by atoms with van der Waals surface area (Å²) in [6.07, 6.45) is 1.30. The molecule has 5 amide bonds. The topological polar surface area (TPSA) is 174 Å². The number of piperidine rings is 1. The highest BCUT2D eigenvalue weighted by Gasteiger charge is 2.70. The lowest BCUT2D eigenvalue weighted by Crippen LogP contribution is -2.64. The van der Waals surface area contributed by atoms with E-state index in [-0.39, 0.29) is 52.9 Å². The van der Waals surface area contributed by atoms with Crippen molar-refractivity contribution >= 4 is 39.6 Å². The summed E-state index contributed by atoms with van der Waals surface area (Å²) in [5, 5.41) is 11.0. The van der Waals surface area contributed by atoms with Crippen molar-refractivity contribution in [3.8, 4) is 0 Å². The first-order valence-electron chi connectivity index (χ1n) is 18.5. The third-order valence-corrected chi connectivity index (χ3v) is 13.7. The molecule has 0 spiro atoms. The molecule has 0 bridgehead atoms. The zero-order valence-corrected chi connectivity index (χ0v) is 31.8. The van der Waals surface area contributed by atoms with Crippen LogP contribution in [0, 0.1) is 28.6 Å². The van der Waals surface area contributed by atoms with Gasteiger partial charge < -0.3 is 26.2 Å². The van der Waals surface area contributed by atoms with E-state index in [1.165, 1.54) is 4.90 Å². The van der Waals surface area contributed by atoms with E-state index in [1.54, 1.807) is 20.8 Å². The van der Waals surface area contributed by atoms with Gasteiger partial charge in [0.1, 0.15) is 18.6 Å². The number of likely N-dealkylation sites (tertiary alicyclic amines) is 1. The quantitative estimate of drug-likeness (QED) is 0.197. The number of hydrogen-bond acceptors (Lipinski definition) is 7. The predicted octanol–water partition coefficient (Wildman–Crippen LogP) is 2.84. The van der Waals surface area contributed by atoms with Gasteiger partial charge in [-0.15, -0.1) is 0 Å². The van der Waals surface area contributed by atoms with E-state index in [4.69, 9.17) is 0 Å². The minimum absolute atomic E-state index is 0.0122. The molecule has 13 nitrogen and oxygen atoms in total. The Labute approximate surface area is 304 Å². The maximum atomic E-state index is 14.4. The monoisotopic (exact) mass is 760 g/mol. The number of halogens is 3. The summed E-state index contributed by atoms with van der Waals surface area (Å²) in [4.78, 5) is 69.7. The molecular weight excluding hydrogens is 705 g/mol. The fourth-order valence-electron chi connectivity index (χ4n) is 8.20. The molecule has 4 saturated carbocycles. The fourth-order valence-corrected chi connectivity index (χ4v) is 9.82. The molecule has 0 radical (unpaired) electrons. The van der Waals surface area contributed by atoms with Gasteiger partial charge in [0.2, 0.25) is 27.6 Å². The first-order valence-corrected chi connectivity index (χ1v) is 20.1. The van der Waals surface area contributed by atoms with Crippen molar-refractivity contribution in [1.29, 1.82) is 0 Å². The molecule has 4 N–H and O–H groups in total. The van der Waals surface area contributed by atoms with Gasteiger partial charge in [0, 0.05) is 19.6 Å². The maximum absolute atomic E-state index is 14.4. The summed E-state index contributed by atoms with van der Waals surface area (Å²) in [6.45, 7) is 7.81. The number of amides is 5. The van der Waals surface area contributed by atoms with Gasteiger partial charge in [0.25, 0.3) is 5.91 Å². The van der Waals surface area contributed by atoms with Crippen LogP contribution in [0.25, 0.3) is 0 Å². The van der Waals surface area contributed by atoms with E-state index >= 15 is 0 Å². The van der Waals surface area contributed by atoms with Crippen molar-refractivity contribution in [2.75, 3.05) is 25.9 Å². The molecule has 294 valence electrons. The average molecular weight is 761 g/mol. The Morgan fingerprint density at radius 2 is 1.56 bits per heavy atom. The van der Waals surface area contributed by atoms with Crippen molar-refractivity contribution in [3.63, 3.8) is 0 Å². The molecule has 5 rings (SSSR count). The number of carbonyl (C=O) groups excluding carboxylic acids is 5. The molecular formula is C35H55F3N6O7S. The largest absolute Gasteiger partial charge is 0.402 e. The first-order chi connectivity index (χ1) is 23.9. The predicted molar refractivity (Wildman–Crippen MR) is 185 cm³/mol. The summed E-state index contributed by atoms with van der Waals surface area (Å²) in [5.74, 6) is -3.24. The Bertz CT molecular complexity index is 1530. The standard InChI is InChI=1S/C35H55F3N6O7S/c1-32(2,3)27(41-31(49)42-34(14-8-7-9-15-34)19-52(50,51)43(6)18-35(36,37)38)30(48)44-17-22-24(33(22,4)5)25(44)28(46)40-23(16-20-10-11-20)26(45)29(47)39-21-12-13-21/h20-25,27H,7-19H2,1-6H3,(H,39,47)(H,40,46)(H2,41,42,49)/t22-,23-,24-,25-,27+/m0/s1. The van der Waals surface area contributed by atoms with Crippen molar-refractivity contribution in [2.24, 2.45) is 28.6 Å². The van der Waals surface area contributed by atoms with Crippen molar-refractivity contribution < 1.29 is 45.6 Å². The van der Waals surface area contributed by atoms with Crippen molar-refractivity contribution in [3.05, 3.63) is 0 Å². The number of urea groups is 1. The Hall–Kier alpha value is -2.95. The third kappa shape index (κ3) is 9.40. The normalized spacial score (nSPS) is 26.5. The number of Topliss-reactive ketones (excluding diaryl/α,β-unsaturated/α-hetero) is 1. The van der Waals surface area contributed by atoms with Crippen LogP contribution in [0.3, 0.4) is 0 Å². The summed E-state index contributed by atoms with van der Waals surface area (Å²) in [6, 6.07) is -4.04. The number of fused-ring (bicyclic) bond motifs is 1. The third-order valence-electron chi connectivity index (χ3n) is 11.7. The number of sulfonamides is 1. The van der Waals surface area contributed by atoms with Crippen LogP contribution < -0.4 is 21.3 Å².